The van der Waals surface area contributed by atoms with Crippen LogP contribution < -0.4 is 5.32 Å². The molecule has 0 aliphatic heterocycles. The molecular formula is C14H27N3. The summed E-state index contributed by atoms with van der Waals surface area (Å²) in [5.74, 6) is 0. The van der Waals surface area contributed by atoms with Crippen LogP contribution in [0.15, 0.2) is 0 Å². The van der Waals surface area contributed by atoms with Gasteiger partial charge in [0.25, 0.3) is 0 Å². The van der Waals surface area contributed by atoms with Gasteiger partial charge in [0, 0.05) is 18.6 Å². The number of hydrogen-bond donors (Lipinski definition) is 1. The standard InChI is InChI=1S/C14H27N3/c1-12(17(4)13-6-7-13)10-16-9-5-8-14(2,3)11-15/h12-13,16H,5-10H2,1-4H3. The normalized spacial score (nSPS) is 18.1. The summed E-state index contributed by atoms with van der Waals surface area (Å²) >= 11 is 0. The van der Waals surface area contributed by atoms with Crippen molar-refractivity contribution in [2.45, 2.75) is 58.5 Å². The first-order valence-electron chi connectivity index (χ1n) is 6.80. The highest BCUT2D eigenvalue weighted by Crippen LogP contribution is 2.26. The Labute approximate surface area is 106 Å². The summed E-state index contributed by atoms with van der Waals surface area (Å²) < 4.78 is 0. The van der Waals surface area contributed by atoms with Crippen molar-refractivity contribution in [1.29, 1.82) is 5.26 Å². The van der Waals surface area contributed by atoms with Crippen LogP contribution >= 0.6 is 0 Å². The van der Waals surface area contributed by atoms with Crippen LogP contribution in [-0.4, -0.2) is 37.1 Å². The molecule has 3 heteroatoms. The van der Waals surface area contributed by atoms with Crippen molar-refractivity contribution in [1.82, 2.24) is 10.2 Å². The van der Waals surface area contributed by atoms with Crippen molar-refractivity contribution in [2.24, 2.45) is 5.41 Å². The van der Waals surface area contributed by atoms with Crippen LogP contribution in [0, 0.1) is 16.7 Å². The van der Waals surface area contributed by atoms with E-state index < -0.39 is 0 Å². The SMILES string of the molecule is CC(CNCCCC(C)(C)C#N)N(C)C1CC1. The second kappa shape index (κ2) is 6.37. The first-order valence-corrected chi connectivity index (χ1v) is 6.80. The third-order valence-electron chi connectivity index (χ3n) is 3.72. The van der Waals surface area contributed by atoms with E-state index in [0.717, 1.165) is 32.0 Å². The summed E-state index contributed by atoms with van der Waals surface area (Å²) in [6.07, 6.45) is 4.80. The molecule has 0 spiro atoms. The number of likely N-dealkylation sites (N-methyl/N-ethyl adjacent to an activating group) is 1. The zero-order valence-electron chi connectivity index (χ0n) is 11.8. The Hall–Kier alpha value is -0.590. The van der Waals surface area contributed by atoms with E-state index in [1.165, 1.54) is 12.8 Å². The van der Waals surface area contributed by atoms with Crippen LogP contribution in [0.25, 0.3) is 0 Å². The Kier molecular flexibility index (Phi) is 5.42. The smallest absolute Gasteiger partial charge is 0.0683 e. The highest BCUT2D eigenvalue weighted by atomic mass is 15.2. The van der Waals surface area contributed by atoms with Gasteiger partial charge in [-0.3, -0.25) is 4.90 Å². The molecule has 0 radical (unpaired) electrons. The van der Waals surface area contributed by atoms with Gasteiger partial charge in [0.2, 0.25) is 0 Å². The third-order valence-corrected chi connectivity index (χ3v) is 3.72. The first kappa shape index (κ1) is 14.5. The fourth-order valence-electron chi connectivity index (χ4n) is 2.01. The van der Waals surface area contributed by atoms with Gasteiger partial charge in [0.1, 0.15) is 0 Å². The minimum atomic E-state index is -0.169. The Morgan fingerprint density at radius 1 is 1.47 bits per heavy atom. The van der Waals surface area contributed by atoms with Gasteiger partial charge in [-0.05, 0) is 60.0 Å². The van der Waals surface area contributed by atoms with Crippen LogP contribution in [0.1, 0.15) is 46.5 Å². The van der Waals surface area contributed by atoms with E-state index in [4.69, 9.17) is 5.26 Å². The Balaban J connectivity index is 2.02. The molecule has 1 aliphatic rings. The van der Waals surface area contributed by atoms with Gasteiger partial charge in [-0.25, -0.2) is 0 Å². The lowest BCUT2D eigenvalue weighted by Crippen LogP contribution is -2.39. The summed E-state index contributed by atoms with van der Waals surface area (Å²) in [4.78, 5) is 2.48. The van der Waals surface area contributed by atoms with Gasteiger partial charge >= 0.3 is 0 Å². The largest absolute Gasteiger partial charge is 0.315 e. The molecular weight excluding hydrogens is 210 g/mol. The van der Waals surface area contributed by atoms with E-state index in [1.807, 2.05) is 13.8 Å². The van der Waals surface area contributed by atoms with Crippen molar-refractivity contribution in [3.05, 3.63) is 0 Å². The number of nitriles is 1. The average molecular weight is 237 g/mol. The molecule has 0 bridgehead atoms. The highest BCUT2D eigenvalue weighted by Gasteiger charge is 2.28. The fraction of sp³-hybridized carbons (Fsp3) is 0.929. The maximum absolute atomic E-state index is 8.90. The Bertz CT molecular complexity index is 263. The third kappa shape index (κ3) is 5.52. The number of nitrogens with zero attached hydrogens (tertiary/aromatic N) is 2. The van der Waals surface area contributed by atoms with Gasteiger partial charge in [0.15, 0.2) is 0 Å². The van der Waals surface area contributed by atoms with Gasteiger partial charge < -0.3 is 5.32 Å². The molecule has 1 rings (SSSR count). The molecule has 0 amide bonds. The zero-order valence-corrected chi connectivity index (χ0v) is 11.8. The molecule has 0 aromatic carbocycles. The number of rotatable bonds is 8. The van der Waals surface area contributed by atoms with E-state index in [0.29, 0.717) is 6.04 Å². The van der Waals surface area contributed by atoms with Gasteiger partial charge in [-0.15, -0.1) is 0 Å². The minimum absolute atomic E-state index is 0.169. The molecule has 0 aromatic heterocycles. The summed E-state index contributed by atoms with van der Waals surface area (Å²) in [6.45, 7) is 8.38. The second-order valence-electron chi connectivity index (χ2n) is 6.05. The van der Waals surface area contributed by atoms with Gasteiger partial charge in [-0.1, -0.05) is 0 Å². The molecule has 0 saturated heterocycles. The summed E-state index contributed by atoms with van der Waals surface area (Å²) in [6, 6.07) is 3.80. The maximum atomic E-state index is 8.90. The fourth-order valence-corrected chi connectivity index (χ4v) is 2.01. The monoisotopic (exact) mass is 237 g/mol. The Morgan fingerprint density at radius 2 is 2.12 bits per heavy atom. The van der Waals surface area contributed by atoms with Gasteiger partial charge in [0.05, 0.1) is 11.5 Å². The summed E-state index contributed by atoms with van der Waals surface area (Å²) in [5.41, 5.74) is -0.169. The Morgan fingerprint density at radius 3 is 2.65 bits per heavy atom. The quantitative estimate of drug-likeness (QED) is 0.659. The predicted octanol–water partition coefficient (Wildman–Crippen LogP) is 2.39. The zero-order chi connectivity index (χ0) is 12.9. The maximum Gasteiger partial charge on any atom is 0.0683 e. The van der Waals surface area contributed by atoms with E-state index in [2.05, 4.69) is 30.3 Å². The van der Waals surface area contributed by atoms with E-state index >= 15 is 0 Å². The van der Waals surface area contributed by atoms with Crippen molar-refractivity contribution in [2.75, 3.05) is 20.1 Å². The predicted molar refractivity (Wildman–Crippen MR) is 71.7 cm³/mol. The van der Waals surface area contributed by atoms with Crippen LogP contribution in [-0.2, 0) is 0 Å². The van der Waals surface area contributed by atoms with Crippen LogP contribution in [0.3, 0.4) is 0 Å². The molecule has 1 fully saturated rings. The molecule has 1 aliphatic carbocycles. The molecule has 1 atom stereocenters. The molecule has 1 unspecified atom stereocenters. The van der Waals surface area contributed by atoms with E-state index in [-0.39, 0.29) is 5.41 Å². The minimum Gasteiger partial charge on any atom is -0.315 e. The lowest BCUT2D eigenvalue weighted by Gasteiger charge is -2.25. The number of nitrogens with one attached hydrogen (secondary N) is 1. The lowest BCUT2D eigenvalue weighted by atomic mass is 9.90. The van der Waals surface area contributed by atoms with Crippen LogP contribution in [0.5, 0.6) is 0 Å². The van der Waals surface area contributed by atoms with Crippen molar-refractivity contribution in [3.63, 3.8) is 0 Å². The van der Waals surface area contributed by atoms with Crippen molar-refractivity contribution in [3.8, 4) is 6.07 Å². The number of hydrogen-bond acceptors (Lipinski definition) is 3. The molecule has 1 N–H and O–H groups in total. The van der Waals surface area contributed by atoms with E-state index in [1.54, 1.807) is 0 Å². The summed E-state index contributed by atoms with van der Waals surface area (Å²) in [5, 5.41) is 12.4. The topological polar surface area (TPSA) is 39.1 Å². The second-order valence-corrected chi connectivity index (χ2v) is 6.05. The first-order chi connectivity index (χ1) is 7.96. The van der Waals surface area contributed by atoms with Crippen molar-refractivity contribution < 1.29 is 0 Å². The molecule has 98 valence electrons. The van der Waals surface area contributed by atoms with Crippen molar-refractivity contribution >= 4 is 0 Å². The molecule has 0 aromatic rings. The average Bonchev–Trinajstić information content (AvgIpc) is 3.11. The molecule has 17 heavy (non-hydrogen) atoms. The lowest BCUT2D eigenvalue weighted by molar-refractivity contribution is 0.240. The van der Waals surface area contributed by atoms with Crippen LogP contribution in [0.2, 0.25) is 0 Å². The molecule has 3 nitrogen and oxygen atoms in total. The highest BCUT2D eigenvalue weighted by molar-refractivity contribution is 4.91. The van der Waals surface area contributed by atoms with Crippen LogP contribution in [0.4, 0.5) is 0 Å². The summed E-state index contributed by atoms with van der Waals surface area (Å²) in [7, 11) is 2.23. The molecule has 0 heterocycles. The molecule has 1 saturated carbocycles. The van der Waals surface area contributed by atoms with E-state index in [9.17, 15) is 0 Å². The van der Waals surface area contributed by atoms with Gasteiger partial charge in [-0.2, -0.15) is 5.26 Å².